The van der Waals surface area contributed by atoms with Crippen LogP contribution >= 0.6 is 11.8 Å². The van der Waals surface area contributed by atoms with E-state index in [0.717, 1.165) is 21.6 Å². The zero-order valence-electron chi connectivity index (χ0n) is 71.8. The van der Waals surface area contributed by atoms with E-state index in [1.807, 2.05) is 30.3 Å². The van der Waals surface area contributed by atoms with Crippen molar-refractivity contribution in [1.82, 2.24) is 84.3 Å². The number of nitrogens with zero attached hydrogens (tertiary/aromatic N) is 2. The summed E-state index contributed by atoms with van der Waals surface area (Å²) in [6, 6.07) is 1.94. The van der Waals surface area contributed by atoms with E-state index in [0.29, 0.717) is 28.5 Å². The molecule has 22 N–H and O–H groups in total. The van der Waals surface area contributed by atoms with Crippen LogP contribution < -0.4 is 91.6 Å². The number of nitrogens with two attached hydrogens (primary N) is 3. The van der Waals surface area contributed by atoms with Crippen LogP contribution in [0, 0.1) is 30.6 Å². The number of amides is 17. The molecule has 15 atom stereocenters. The lowest BCUT2D eigenvalue weighted by molar-refractivity contribution is -0.143. The molecule has 0 bridgehead atoms. The minimum absolute atomic E-state index is 0.102. The van der Waals surface area contributed by atoms with Crippen LogP contribution in [0.1, 0.15) is 124 Å². The number of hydrogen-bond acceptors (Lipinski definition) is 22. The third-order valence-electron chi connectivity index (χ3n) is 20.0. The Bertz CT molecular complexity index is 4430. The smallest absolute Gasteiger partial charge is 0.305 e. The van der Waals surface area contributed by atoms with E-state index in [-0.39, 0.29) is 43.9 Å². The summed E-state index contributed by atoms with van der Waals surface area (Å²) in [6.07, 6.45) is -0.363. The number of carbonyl (C=O) groups excluding carboxylic acids is 17. The number of nitrogens with one attached hydrogen (secondary N) is 14. The predicted molar refractivity (Wildman–Crippen MR) is 456 cm³/mol. The number of primary amides is 2. The van der Waals surface area contributed by atoms with Crippen molar-refractivity contribution in [2.75, 3.05) is 31.7 Å². The first-order valence-corrected chi connectivity index (χ1v) is 41.8. The summed E-state index contributed by atoms with van der Waals surface area (Å²) in [5, 5.41) is 55.9. The number of carbonyl (C=O) groups is 18. The molecule has 0 radical (unpaired) electrons. The number of aliphatic hydroxyl groups excluding tert-OH is 1. The fourth-order valence-corrected chi connectivity index (χ4v) is 13.7. The molecule has 39 nitrogen and oxygen atoms in total. The highest BCUT2D eigenvalue weighted by Crippen LogP contribution is 2.22. The summed E-state index contributed by atoms with van der Waals surface area (Å²) >= 11 is 0.679. The maximum absolute atomic E-state index is 15.2. The standard InChI is InChI=1S/C84H119N19O20S/c1-42(2)29-55-73(112)95-57(32-50-24-26-54(27-25-50)53-22-15-14-16-23-53)79(118)102-69(45(7)8)84(123)103(13)49(12)72(111)90-48(11)71(110)92-60(35-65(86)105)76(115)94-56(30-43(3)4)78(117)101-68(44(5)6)83(122)99-63(39-104)81(120)100-64(82(121)89-47(10)70(87)109)40-124-41-66(106)91-62(37-85)80(119)97-59(34-52-21-18-28-88-38-52)75(114)98-61(36-67(107)108)77(116)96-58(74(113)93-55)33-51-20-17-19-46(9)31-51/h14-28,31,38,42-45,47-49,55-64,68-69,104H,29-30,32-37,39-41,85H2,1-13H3,(H2,86,105)(H2,87,109)(H,89,121)(H,90,111)(H,91,106)(H,92,110)(H,93,113)(H,94,115)(H,95,112)(H,96,116)(H,97,119)(H,98,114)(H,99,122)(H,100,120)(H,101,117)(H,102,118)(H,107,108)/t47-,48+,49-,55-,56-,57-,58-,59-,60-,61-,62-,63-,64-,68-,69-/m0/s1. The molecule has 1 saturated heterocycles. The van der Waals surface area contributed by atoms with Gasteiger partial charge in [-0.25, -0.2) is 0 Å². The van der Waals surface area contributed by atoms with Gasteiger partial charge in [-0.3, -0.25) is 91.3 Å². The first-order chi connectivity index (χ1) is 58.4. The molecule has 1 aromatic heterocycles. The van der Waals surface area contributed by atoms with Gasteiger partial charge in [0.2, 0.25) is 100 Å². The van der Waals surface area contributed by atoms with E-state index in [2.05, 4.69) is 79.4 Å². The summed E-state index contributed by atoms with van der Waals surface area (Å²) in [4.78, 5) is 259. The number of thioether (sulfide) groups is 1. The van der Waals surface area contributed by atoms with Gasteiger partial charge in [-0.1, -0.05) is 146 Å². The Hall–Kier alpha value is -12.5. The molecule has 1 aliphatic rings. The largest absolute Gasteiger partial charge is 0.481 e. The quantitative estimate of drug-likeness (QED) is 0.0366. The Balaban J connectivity index is 1.62. The van der Waals surface area contributed by atoms with Crippen molar-refractivity contribution < 1.29 is 96.5 Å². The molecule has 5 rings (SSSR count). The lowest BCUT2D eigenvalue weighted by atomic mass is 9.97. The van der Waals surface area contributed by atoms with Crippen LogP contribution in [0.15, 0.2) is 103 Å². The second-order valence-electron chi connectivity index (χ2n) is 32.1. The third-order valence-corrected chi connectivity index (χ3v) is 21.0. The Morgan fingerprint density at radius 1 is 0.492 bits per heavy atom. The van der Waals surface area contributed by atoms with Crippen LogP contribution in [0.25, 0.3) is 11.1 Å². The fraction of sp³-hybridized carbons (Fsp3) is 0.512. The summed E-state index contributed by atoms with van der Waals surface area (Å²) in [6.45, 7) is 16.8. The third kappa shape index (κ3) is 33.1. The van der Waals surface area contributed by atoms with Crippen LogP contribution in [0.3, 0.4) is 0 Å². The Labute approximate surface area is 723 Å². The number of carboxylic acid groups (broad SMARTS) is 1. The molecule has 0 saturated carbocycles. The van der Waals surface area contributed by atoms with Gasteiger partial charge in [0.15, 0.2) is 0 Å². The molecule has 17 amide bonds. The van der Waals surface area contributed by atoms with Crippen LogP contribution in [0.2, 0.25) is 0 Å². The molecule has 2 heterocycles. The van der Waals surface area contributed by atoms with E-state index in [9.17, 15) is 82.1 Å². The Morgan fingerprint density at radius 2 is 0.952 bits per heavy atom. The minimum Gasteiger partial charge on any atom is -0.481 e. The predicted octanol–water partition coefficient (Wildman–Crippen LogP) is -3.30. The van der Waals surface area contributed by atoms with Gasteiger partial charge in [-0.15, -0.1) is 11.8 Å². The van der Waals surface area contributed by atoms with E-state index in [1.54, 1.807) is 97.0 Å². The second-order valence-corrected chi connectivity index (χ2v) is 33.1. The number of aromatic nitrogens is 1. The Morgan fingerprint density at radius 3 is 1.46 bits per heavy atom. The van der Waals surface area contributed by atoms with Crippen LogP contribution in [-0.2, 0) is 106 Å². The van der Waals surface area contributed by atoms with Gasteiger partial charge in [-0.2, -0.15) is 0 Å². The van der Waals surface area contributed by atoms with Crippen LogP contribution in [0.4, 0.5) is 0 Å². The molecule has 4 aromatic rings. The van der Waals surface area contributed by atoms with Crippen molar-refractivity contribution in [2.24, 2.45) is 40.9 Å². The second kappa shape index (κ2) is 49.6. The fourth-order valence-electron chi connectivity index (χ4n) is 12.9. The molecular weight excluding hydrogens is 1630 g/mol. The number of aliphatic hydroxyl groups is 1. The highest BCUT2D eigenvalue weighted by atomic mass is 32.2. The number of aliphatic carboxylic acids is 1. The molecule has 1 aliphatic heterocycles. The SMILES string of the molecule is Cc1cccc(C[C@@H]2NC(=O)[C@H](CC(=O)O)NC(=O)[C@H](Cc3cccnc3)NC(=O)[C@H](CN)NC(=O)CSC[C@@H](C(=O)N[C@@H](C)C(N)=O)NC(=O)[C@H](CO)NC(=O)[C@H](C(C)C)NC(=O)[C@H](CC(C)C)NC(=O)[C@H](CC(N)=O)NC(=O)[C@@H](C)NC(=O)[C@H](C)N(C)C(=O)[C@H](C(C)C)NC(=O)[C@H](Cc3ccc(-c4ccccc4)cc3)NC(=O)[C@H](CC(C)C)NC2=O)c1. The number of likely N-dealkylation sites (N-methyl/N-ethyl adjacent to an activating group) is 1. The van der Waals surface area contributed by atoms with Gasteiger partial charge >= 0.3 is 5.97 Å². The highest BCUT2D eigenvalue weighted by molar-refractivity contribution is 8.00. The van der Waals surface area contributed by atoms with Crippen molar-refractivity contribution in [1.29, 1.82) is 0 Å². The lowest BCUT2D eigenvalue weighted by Crippen LogP contribution is -2.62. The normalized spacial score (nSPS) is 24.4. The molecule has 0 spiro atoms. The summed E-state index contributed by atoms with van der Waals surface area (Å²) in [7, 11) is 1.25. The Kier molecular flexibility index (Phi) is 40.8. The number of carboxylic acids is 1. The van der Waals surface area contributed by atoms with Crippen molar-refractivity contribution in [3.05, 3.63) is 126 Å². The maximum Gasteiger partial charge on any atom is 0.305 e. The van der Waals surface area contributed by atoms with Gasteiger partial charge in [0.1, 0.15) is 90.6 Å². The van der Waals surface area contributed by atoms with Gasteiger partial charge in [0.25, 0.3) is 0 Å². The van der Waals surface area contributed by atoms with Crippen molar-refractivity contribution in [3.63, 3.8) is 0 Å². The van der Waals surface area contributed by atoms with Gasteiger partial charge in [-0.05, 0) is 98.1 Å². The summed E-state index contributed by atoms with van der Waals surface area (Å²) in [5.41, 5.74) is 20.7. The van der Waals surface area contributed by atoms with E-state index < -0.39 is 246 Å². The molecule has 0 unspecified atom stereocenters. The monoisotopic (exact) mass is 1750 g/mol. The molecule has 3 aromatic carbocycles. The van der Waals surface area contributed by atoms with E-state index >= 15 is 14.4 Å². The molecule has 0 aliphatic carbocycles. The first kappa shape index (κ1) is 102. The van der Waals surface area contributed by atoms with E-state index in [1.165, 1.54) is 66.2 Å². The van der Waals surface area contributed by atoms with Gasteiger partial charge < -0.3 is 107 Å². The molecular formula is C84H119N19O20S. The van der Waals surface area contributed by atoms with Gasteiger partial charge in [0.05, 0.1) is 25.2 Å². The van der Waals surface area contributed by atoms with E-state index in [4.69, 9.17) is 17.2 Å². The molecule has 124 heavy (non-hydrogen) atoms. The van der Waals surface area contributed by atoms with Gasteiger partial charge in [0, 0.05) is 51.0 Å². The highest BCUT2D eigenvalue weighted by Gasteiger charge is 2.41. The number of rotatable bonds is 22. The topological polar surface area (TPSA) is 610 Å². The number of benzene rings is 3. The average molecular weight is 1750 g/mol. The van der Waals surface area contributed by atoms with Crippen LogP contribution in [-0.4, -0.2) is 249 Å². The molecule has 676 valence electrons. The van der Waals surface area contributed by atoms with Crippen molar-refractivity contribution in [2.45, 2.75) is 219 Å². The zero-order chi connectivity index (χ0) is 92.5. The molecule has 40 heteroatoms. The van der Waals surface area contributed by atoms with Crippen LogP contribution in [0.5, 0.6) is 0 Å². The summed E-state index contributed by atoms with van der Waals surface area (Å²) in [5.74, 6) is -22.6. The maximum atomic E-state index is 15.2. The average Bonchev–Trinajstić information content (AvgIpc) is 0.834. The zero-order valence-corrected chi connectivity index (χ0v) is 72.7. The first-order valence-electron chi connectivity index (χ1n) is 40.7. The number of pyridine rings is 1. The minimum atomic E-state index is -2.02. The van der Waals surface area contributed by atoms with Crippen molar-refractivity contribution in [3.8, 4) is 11.1 Å². The number of hydrogen-bond donors (Lipinski definition) is 19. The summed E-state index contributed by atoms with van der Waals surface area (Å²) < 4.78 is 0. The number of aryl methyl sites for hydroxylation is 1. The molecule has 1 fully saturated rings. The lowest BCUT2D eigenvalue weighted by Gasteiger charge is -2.32. The van der Waals surface area contributed by atoms with Crippen molar-refractivity contribution >= 4 is 118 Å².